The minimum atomic E-state index is -0.995. The Kier molecular flexibility index (Phi) is 7.77. The Bertz CT molecular complexity index is 2000. The number of hydrogen-bond acceptors (Lipinski definition) is 3. The van der Waals surface area contributed by atoms with Crippen LogP contribution in [0.2, 0.25) is 0 Å². The molecule has 1 heterocycles. The first-order valence-electron chi connectivity index (χ1n) is 14.3. The lowest BCUT2D eigenvalue weighted by atomic mass is 9.98. The van der Waals surface area contributed by atoms with E-state index in [2.05, 4.69) is 58.4 Å². The maximum Gasteiger partial charge on any atom is 0.335 e. The van der Waals surface area contributed by atoms with Gasteiger partial charge in [-0.1, -0.05) is 78.9 Å². The Hall–Kier alpha value is -5.93. The van der Waals surface area contributed by atoms with Crippen molar-refractivity contribution in [1.82, 2.24) is 9.88 Å². The van der Waals surface area contributed by atoms with Crippen molar-refractivity contribution in [1.29, 1.82) is 5.26 Å². The Morgan fingerprint density at radius 3 is 2.09 bits per heavy atom. The summed E-state index contributed by atoms with van der Waals surface area (Å²) in [6.07, 6.45) is 2.00. The van der Waals surface area contributed by atoms with E-state index >= 15 is 0 Å². The number of carbonyl (C=O) groups excluding carboxylic acids is 1. The largest absolute Gasteiger partial charge is 0.478 e. The summed E-state index contributed by atoms with van der Waals surface area (Å²) in [4.78, 5) is 25.2. The second-order valence-corrected chi connectivity index (χ2v) is 10.8. The van der Waals surface area contributed by atoms with Crippen LogP contribution in [0.15, 0.2) is 128 Å². The van der Waals surface area contributed by atoms with Crippen LogP contribution in [0.5, 0.6) is 0 Å². The summed E-state index contributed by atoms with van der Waals surface area (Å²) in [5, 5.41) is 22.5. The standard InChI is InChI=1S/C38H29N3O3/c1-25(28-15-17-32(18-16-28)38(43)44)40-37(42)35-22-34(31-11-7-26(23-39)8-12-31)21-33-19-20-41(36(33)35)24-27-9-13-30(14-10-27)29-5-3-2-4-6-29/h2-22,25H,24H2,1H3,(H,40,42)(H,43,44)/t25-/m0/s1. The van der Waals surface area contributed by atoms with Crippen LogP contribution in [0.3, 0.4) is 0 Å². The lowest BCUT2D eigenvalue weighted by molar-refractivity contribution is 0.0696. The fourth-order valence-electron chi connectivity index (χ4n) is 5.46. The van der Waals surface area contributed by atoms with Crippen LogP contribution in [0.1, 0.15) is 50.4 Å². The van der Waals surface area contributed by atoms with Crippen molar-refractivity contribution in [2.75, 3.05) is 0 Å². The monoisotopic (exact) mass is 575 g/mol. The molecule has 0 aliphatic carbocycles. The highest BCUT2D eigenvalue weighted by Gasteiger charge is 2.19. The summed E-state index contributed by atoms with van der Waals surface area (Å²) < 4.78 is 2.09. The van der Waals surface area contributed by atoms with Gasteiger partial charge in [0.1, 0.15) is 0 Å². The van der Waals surface area contributed by atoms with Crippen LogP contribution >= 0.6 is 0 Å². The number of nitrogens with zero attached hydrogens (tertiary/aromatic N) is 2. The predicted octanol–water partition coefficient (Wildman–Crippen LogP) is 8.08. The van der Waals surface area contributed by atoms with E-state index in [0.29, 0.717) is 17.7 Å². The molecule has 0 radical (unpaired) electrons. The van der Waals surface area contributed by atoms with Crippen molar-refractivity contribution in [3.8, 4) is 28.3 Å². The highest BCUT2D eigenvalue weighted by molar-refractivity contribution is 6.08. The molecule has 0 spiro atoms. The second kappa shape index (κ2) is 12.1. The normalized spacial score (nSPS) is 11.5. The molecule has 0 aliphatic heterocycles. The van der Waals surface area contributed by atoms with Gasteiger partial charge in [-0.2, -0.15) is 5.26 Å². The molecule has 0 unspecified atom stereocenters. The molecule has 6 nitrogen and oxygen atoms in total. The van der Waals surface area contributed by atoms with E-state index in [1.54, 1.807) is 24.3 Å². The van der Waals surface area contributed by atoms with Crippen molar-refractivity contribution in [3.63, 3.8) is 0 Å². The number of aromatic carboxylic acids is 1. The number of carbonyl (C=O) groups is 2. The minimum absolute atomic E-state index is 0.193. The van der Waals surface area contributed by atoms with E-state index in [-0.39, 0.29) is 17.5 Å². The maximum atomic E-state index is 13.9. The summed E-state index contributed by atoms with van der Waals surface area (Å²) >= 11 is 0. The number of fused-ring (bicyclic) bond motifs is 1. The third kappa shape index (κ3) is 5.85. The number of benzene rings is 5. The van der Waals surface area contributed by atoms with Crippen molar-refractivity contribution in [2.24, 2.45) is 0 Å². The highest BCUT2D eigenvalue weighted by atomic mass is 16.4. The molecular formula is C38H29N3O3. The number of hydrogen-bond donors (Lipinski definition) is 2. The number of aromatic nitrogens is 1. The first-order chi connectivity index (χ1) is 21.4. The quantitative estimate of drug-likeness (QED) is 0.192. The van der Waals surface area contributed by atoms with Crippen LogP contribution in [0.4, 0.5) is 0 Å². The zero-order chi connectivity index (χ0) is 30.6. The number of carboxylic acids is 1. The number of nitrogens with one attached hydrogen (secondary N) is 1. The maximum absolute atomic E-state index is 13.9. The van der Waals surface area contributed by atoms with Gasteiger partial charge in [0.15, 0.2) is 0 Å². The third-order valence-corrected chi connectivity index (χ3v) is 7.87. The zero-order valence-electron chi connectivity index (χ0n) is 24.1. The molecular weight excluding hydrogens is 546 g/mol. The minimum Gasteiger partial charge on any atom is -0.478 e. The Morgan fingerprint density at radius 1 is 0.795 bits per heavy atom. The molecule has 0 saturated carbocycles. The van der Waals surface area contributed by atoms with Crippen molar-refractivity contribution >= 4 is 22.8 Å². The number of carboxylic acid groups (broad SMARTS) is 1. The van der Waals surface area contributed by atoms with Crippen molar-refractivity contribution in [2.45, 2.75) is 19.5 Å². The summed E-state index contributed by atoms with van der Waals surface area (Å²) in [5.41, 5.74) is 8.10. The Labute approximate surface area is 255 Å². The molecule has 0 bridgehead atoms. The van der Waals surface area contributed by atoms with Crippen LogP contribution in [0, 0.1) is 11.3 Å². The van der Waals surface area contributed by atoms with Gasteiger partial charge in [-0.25, -0.2) is 4.79 Å². The average molecular weight is 576 g/mol. The van der Waals surface area contributed by atoms with Crippen molar-refractivity contribution < 1.29 is 14.7 Å². The zero-order valence-corrected chi connectivity index (χ0v) is 24.1. The van der Waals surface area contributed by atoms with Crippen molar-refractivity contribution in [3.05, 3.63) is 155 Å². The van der Waals surface area contributed by atoms with Crippen LogP contribution in [-0.2, 0) is 6.54 Å². The molecule has 0 fully saturated rings. The van der Waals surface area contributed by atoms with E-state index in [1.165, 1.54) is 12.1 Å². The molecule has 2 N–H and O–H groups in total. The average Bonchev–Trinajstić information content (AvgIpc) is 3.47. The molecule has 5 aromatic carbocycles. The number of rotatable bonds is 8. The Morgan fingerprint density at radius 2 is 1.43 bits per heavy atom. The first-order valence-corrected chi connectivity index (χ1v) is 14.3. The molecule has 44 heavy (non-hydrogen) atoms. The summed E-state index contributed by atoms with van der Waals surface area (Å²) in [6, 6.07) is 40.3. The molecule has 1 atom stereocenters. The summed E-state index contributed by atoms with van der Waals surface area (Å²) in [6.45, 7) is 2.46. The lowest BCUT2D eigenvalue weighted by Gasteiger charge is -2.17. The van der Waals surface area contributed by atoms with Gasteiger partial charge in [0, 0.05) is 18.1 Å². The molecule has 214 valence electrons. The fraction of sp³-hybridized carbons (Fsp3) is 0.0789. The van der Waals surface area contributed by atoms with Crippen LogP contribution in [-0.4, -0.2) is 21.6 Å². The van der Waals surface area contributed by atoms with Gasteiger partial charge in [-0.15, -0.1) is 0 Å². The molecule has 1 aromatic heterocycles. The van der Waals surface area contributed by atoms with Gasteiger partial charge < -0.3 is 15.0 Å². The highest BCUT2D eigenvalue weighted by Crippen LogP contribution is 2.31. The summed E-state index contributed by atoms with van der Waals surface area (Å²) in [7, 11) is 0. The van der Waals surface area contributed by atoms with Crippen LogP contribution < -0.4 is 5.32 Å². The second-order valence-electron chi connectivity index (χ2n) is 10.8. The molecule has 0 saturated heterocycles. The summed E-state index contributed by atoms with van der Waals surface area (Å²) in [5.74, 6) is -1.23. The molecule has 6 heteroatoms. The SMILES string of the molecule is C[C@H](NC(=O)c1cc(-c2ccc(C#N)cc2)cc2ccn(Cc3ccc(-c4ccccc4)cc3)c12)c1ccc(C(=O)O)cc1. The molecule has 0 aliphatic rings. The topological polar surface area (TPSA) is 95.1 Å². The molecule has 1 amide bonds. The van der Waals surface area contributed by atoms with E-state index in [9.17, 15) is 20.0 Å². The van der Waals surface area contributed by atoms with E-state index in [1.807, 2.05) is 55.6 Å². The van der Waals surface area contributed by atoms with Gasteiger partial charge in [-0.05, 0) is 82.8 Å². The van der Waals surface area contributed by atoms with Gasteiger partial charge in [0.05, 0.1) is 34.3 Å². The number of nitriles is 1. The smallest absolute Gasteiger partial charge is 0.335 e. The molecule has 6 rings (SSSR count). The first kappa shape index (κ1) is 28.2. The fourth-order valence-corrected chi connectivity index (χ4v) is 5.46. The Balaban J connectivity index is 1.36. The van der Waals surface area contributed by atoms with Gasteiger partial charge in [-0.3, -0.25) is 4.79 Å². The van der Waals surface area contributed by atoms with E-state index in [0.717, 1.165) is 44.3 Å². The van der Waals surface area contributed by atoms with E-state index in [4.69, 9.17) is 0 Å². The van der Waals surface area contributed by atoms with Crippen LogP contribution in [0.25, 0.3) is 33.2 Å². The van der Waals surface area contributed by atoms with Gasteiger partial charge >= 0.3 is 5.97 Å². The van der Waals surface area contributed by atoms with E-state index < -0.39 is 5.97 Å². The lowest BCUT2D eigenvalue weighted by Crippen LogP contribution is -2.27. The third-order valence-electron chi connectivity index (χ3n) is 7.87. The molecule has 6 aromatic rings. The number of amides is 1. The van der Waals surface area contributed by atoms with Gasteiger partial charge in [0.2, 0.25) is 0 Å². The van der Waals surface area contributed by atoms with Gasteiger partial charge in [0.25, 0.3) is 5.91 Å². The predicted molar refractivity (Wildman–Crippen MR) is 172 cm³/mol.